The Kier molecular flexibility index (Phi) is 1.35. The van der Waals surface area contributed by atoms with Crippen LogP contribution in [0.15, 0.2) is 0 Å². The van der Waals surface area contributed by atoms with Crippen molar-refractivity contribution < 1.29 is 9.53 Å². The highest BCUT2D eigenvalue weighted by molar-refractivity contribution is 5.77. The quantitative estimate of drug-likeness (QED) is 0.618. The molecule has 0 aromatic heterocycles. The smallest absolute Gasteiger partial charge is 0.323 e. The predicted octanol–water partition coefficient (Wildman–Crippen LogP) is 0.677. The maximum atomic E-state index is 11.1. The van der Waals surface area contributed by atoms with Crippen LogP contribution in [0.2, 0.25) is 0 Å². The van der Waals surface area contributed by atoms with Crippen LogP contribution in [0.1, 0.15) is 26.2 Å². The molecule has 3 aliphatic carbocycles. The van der Waals surface area contributed by atoms with Crippen LogP contribution < -0.4 is 5.73 Å². The van der Waals surface area contributed by atoms with Gasteiger partial charge in [0.25, 0.3) is 0 Å². The van der Waals surface area contributed by atoms with Crippen LogP contribution in [0.4, 0.5) is 0 Å². The Labute approximate surface area is 72.3 Å². The van der Waals surface area contributed by atoms with Gasteiger partial charge in [-0.05, 0) is 30.1 Å². The van der Waals surface area contributed by atoms with Crippen molar-refractivity contribution >= 4 is 5.97 Å². The Morgan fingerprint density at radius 3 is 2.33 bits per heavy atom. The van der Waals surface area contributed by atoms with Gasteiger partial charge in [0.05, 0.1) is 7.11 Å². The first-order valence-corrected chi connectivity index (χ1v) is 4.35. The van der Waals surface area contributed by atoms with Crippen LogP contribution in [0.5, 0.6) is 0 Å². The molecule has 3 saturated carbocycles. The van der Waals surface area contributed by atoms with Gasteiger partial charge < -0.3 is 10.5 Å². The largest absolute Gasteiger partial charge is 0.468 e. The summed E-state index contributed by atoms with van der Waals surface area (Å²) in [6.45, 7) is 2.25. The molecular formula is C9H15NO2. The van der Waals surface area contributed by atoms with Gasteiger partial charge in [0.1, 0.15) is 6.04 Å². The molecule has 3 aliphatic rings. The van der Waals surface area contributed by atoms with Gasteiger partial charge in [0.15, 0.2) is 0 Å². The lowest BCUT2D eigenvalue weighted by molar-refractivity contribution is -0.211. The fourth-order valence-electron chi connectivity index (χ4n) is 3.10. The number of methoxy groups -OCH3 is 1. The molecular weight excluding hydrogens is 154 g/mol. The van der Waals surface area contributed by atoms with Crippen molar-refractivity contribution in [3.8, 4) is 0 Å². The molecule has 0 aliphatic heterocycles. The van der Waals surface area contributed by atoms with E-state index >= 15 is 0 Å². The lowest BCUT2D eigenvalue weighted by Crippen LogP contribution is -2.69. The summed E-state index contributed by atoms with van der Waals surface area (Å²) in [7, 11) is 1.40. The molecule has 0 spiro atoms. The van der Waals surface area contributed by atoms with E-state index in [9.17, 15) is 4.79 Å². The second-order valence-electron chi connectivity index (χ2n) is 4.70. The third kappa shape index (κ3) is 0.774. The molecule has 3 fully saturated rings. The number of esters is 1. The van der Waals surface area contributed by atoms with Gasteiger partial charge in [-0.25, -0.2) is 0 Å². The van der Waals surface area contributed by atoms with Crippen LogP contribution in [-0.4, -0.2) is 19.1 Å². The van der Waals surface area contributed by atoms with Gasteiger partial charge in [-0.3, -0.25) is 4.79 Å². The molecule has 0 saturated heterocycles. The fraction of sp³-hybridized carbons (Fsp3) is 0.889. The minimum Gasteiger partial charge on any atom is -0.468 e. The zero-order valence-electron chi connectivity index (χ0n) is 7.59. The summed E-state index contributed by atoms with van der Waals surface area (Å²) in [5, 5.41) is 0. The van der Waals surface area contributed by atoms with Crippen molar-refractivity contribution in [2.75, 3.05) is 7.11 Å². The first-order valence-electron chi connectivity index (χ1n) is 4.35. The summed E-state index contributed by atoms with van der Waals surface area (Å²) in [5.41, 5.74) is 6.41. The third-order valence-corrected chi connectivity index (χ3v) is 3.45. The van der Waals surface area contributed by atoms with Crippen LogP contribution in [0.3, 0.4) is 0 Å². The summed E-state index contributed by atoms with van der Waals surface area (Å²) < 4.78 is 4.63. The van der Waals surface area contributed by atoms with E-state index in [0.29, 0.717) is 5.41 Å². The molecule has 0 radical (unpaired) electrons. The molecule has 1 atom stereocenters. The van der Waals surface area contributed by atoms with Gasteiger partial charge >= 0.3 is 5.97 Å². The number of nitrogens with two attached hydrogens (primary N) is 1. The molecule has 3 nitrogen and oxygen atoms in total. The molecule has 2 N–H and O–H groups in total. The monoisotopic (exact) mass is 169 g/mol. The van der Waals surface area contributed by atoms with Crippen LogP contribution in [0, 0.1) is 10.8 Å². The van der Waals surface area contributed by atoms with Crippen molar-refractivity contribution in [3.63, 3.8) is 0 Å². The Hall–Kier alpha value is -0.570. The number of rotatable bonds is 2. The molecule has 3 heteroatoms. The second-order valence-corrected chi connectivity index (χ2v) is 4.70. The van der Waals surface area contributed by atoms with Crippen molar-refractivity contribution in [2.45, 2.75) is 32.2 Å². The van der Waals surface area contributed by atoms with E-state index in [0.717, 1.165) is 19.3 Å². The van der Waals surface area contributed by atoms with Gasteiger partial charge in [0.2, 0.25) is 0 Å². The van der Waals surface area contributed by atoms with E-state index in [2.05, 4.69) is 11.7 Å². The zero-order valence-corrected chi connectivity index (χ0v) is 7.59. The van der Waals surface area contributed by atoms with Crippen molar-refractivity contribution in [3.05, 3.63) is 0 Å². The first kappa shape index (κ1) is 8.05. The molecule has 0 amide bonds. The summed E-state index contributed by atoms with van der Waals surface area (Å²) in [6.07, 6.45) is 3.32. The SMILES string of the molecule is COC(=O)[C@@H](N)C12CC(C)(C1)C2. The van der Waals surface area contributed by atoms with Crippen LogP contribution in [0.25, 0.3) is 0 Å². The van der Waals surface area contributed by atoms with Crippen LogP contribution in [-0.2, 0) is 9.53 Å². The van der Waals surface area contributed by atoms with Crippen LogP contribution >= 0.6 is 0 Å². The second kappa shape index (κ2) is 2.02. The summed E-state index contributed by atoms with van der Waals surface area (Å²) in [5.74, 6) is -0.253. The zero-order chi connectivity index (χ0) is 8.98. The summed E-state index contributed by atoms with van der Waals surface area (Å²) in [6, 6.07) is -0.385. The highest BCUT2D eigenvalue weighted by atomic mass is 16.5. The van der Waals surface area contributed by atoms with E-state index in [4.69, 9.17) is 5.73 Å². The average molecular weight is 169 g/mol. The molecule has 0 aromatic carbocycles. The number of carbonyl (C=O) groups is 1. The van der Waals surface area contributed by atoms with E-state index in [-0.39, 0.29) is 17.4 Å². The van der Waals surface area contributed by atoms with Crippen molar-refractivity contribution in [2.24, 2.45) is 16.6 Å². The molecule has 3 rings (SSSR count). The maximum Gasteiger partial charge on any atom is 0.323 e. The summed E-state index contributed by atoms with van der Waals surface area (Å²) in [4.78, 5) is 11.1. The number of carbonyl (C=O) groups excluding carboxylic acids is 1. The molecule has 0 heterocycles. The predicted molar refractivity (Wildman–Crippen MR) is 44.4 cm³/mol. The average Bonchev–Trinajstić information content (AvgIpc) is 1.94. The van der Waals surface area contributed by atoms with Gasteiger partial charge in [0, 0.05) is 0 Å². The first-order chi connectivity index (χ1) is 5.51. The lowest BCUT2D eigenvalue weighted by atomic mass is 9.34. The van der Waals surface area contributed by atoms with Crippen molar-refractivity contribution in [1.29, 1.82) is 0 Å². The third-order valence-electron chi connectivity index (χ3n) is 3.45. The topological polar surface area (TPSA) is 52.3 Å². The Balaban J connectivity index is 1.99. The Morgan fingerprint density at radius 1 is 1.50 bits per heavy atom. The number of hydrogen-bond donors (Lipinski definition) is 1. The van der Waals surface area contributed by atoms with Gasteiger partial charge in [-0.2, -0.15) is 0 Å². The molecule has 2 bridgehead atoms. The molecule has 68 valence electrons. The van der Waals surface area contributed by atoms with Crippen molar-refractivity contribution in [1.82, 2.24) is 0 Å². The van der Waals surface area contributed by atoms with E-state index in [1.165, 1.54) is 7.11 Å². The minimum absolute atomic E-state index is 0.113. The normalized spacial score (nSPS) is 45.6. The highest BCUT2D eigenvalue weighted by Gasteiger charge is 2.68. The molecule has 0 aromatic rings. The minimum atomic E-state index is -0.385. The molecule has 12 heavy (non-hydrogen) atoms. The standard InChI is InChI=1S/C9H15NO2/c1-8-3-9(4-8,5-8)6(10)7(11)12-2/h6H,3-5,10H2,1-2H3/t6-,8?,9?/m1/s1. The van der Waals surface area contributed by atoms with Gasteiger partial charge in [-0.15, -0.1) is 0 Å². The summed E-state index contributed by atoms with van der Waals surface area (Å²) >= 11 is 0. The van der Waals surface area contributed by atoms with E-state index in [1.807, 2.05) is 0 Å². The Bertz CT molecular complexity index is 217. The lowest BCUT2D eigenvalue weighted by Gasteiger charge is -2.71. The van der Waals surface area contributed by atoms with Gasteiger partial charge in [-0.1, -0.05) is 6.92 Å². The van der Waals surface area contributed by atoms with E-state index < -0.39 is 0 Å². The number of hydrogen-bond acceptors (Lipinski definition) is 3. The maximum absolute atomic E-state index is 11.1. The molecule has 0 unspecified atom stereocenters. The number of ether oxygens (including phenoxy) is 1. The Morgan fingerprint density at radius 2 is 2.00 bits per heavy atom. The van der Waals surface area contributed by atoms with E-state index in [1.54, 1.807) is 0 Å². The highest BCUT2D eigenvalue weighted by Crippen LogP contribution is 2.74. The fourth-order valence-corrected chi connectivity index (χ4v) is 3.10.